The number of thioether (sulfide) groups is 1. The fourth-order valence-corrected chi connectivity index (χ4v) is 1.39. The largest absolute Gasteiger partial charge is 0.130 e. The van der Waals surface area contributed by atoms with E-state index < -0.39 is 0 Å². The maximum absolute atomic E-state index is 5.52. The molecule has 64 valence electrons. The molecule has 0 amide bonds. The van der Waals surface area contributed by atoms with Crippen molar-refractivity contribution in [2.45, 2.75) is 4.90 Å². The van der Waals surface area contributed by atoms with Crippen molar-refractivity contribution in [1.82, 2.24) is 0 Å². The zero-order chi connectivity index (χ0) is 8.81. The monoisotopic (exact) mass is 198 g/mol. The van der Waals surface area contributed by atoms with Crippen molar-refractivity contribution >= 4 is 29.4 Å². The lowest BCUT2D eigenvalue weighted by Gasteiger charge is -1.95. The first-order chi connectivity index (χ1) is 5.86. The van der Waals surface area contributed by atoms with Crippen molar-refractivity contribution in [3.63, 3.8) is 0 Å². The summed E-state index contributed by atoms with van der Waals surface area (Å²) in [6, 6.07) is 8.40. The molecule has 0 nitrogen and oxygen atoms in total. The van der Waals surface area contributed by atoms with E-state index >= 15 is 0 Å². The van der Waals surface area contributed by atoms with Crippen molar-refractivity contribution in [1.29, 1.82) is 0 Å². The Balaban J connectivity index is 2.71. The molecule has 0 aliphatic heterocycles. The highest BCUT2D eigenvalue weighted by atomic mass is 35.5. The van der Waals surface area contributed by atoms with Gasteiger partial charge in [-0.25, -0.2) is 0 Å². The lowest BCUT2D eigenvalue weighted by Crippen LogP contribution is -1.72. The molecule has 0 N–H and O–H groups in total. The molecule has 1 aromatic rings. The highest BCUT2D eigenvalue weighted by Gasteiger charge is 1.88. The molecule has 0 atom stereocenters. The summed E-state index contributed by atoms with van der Waals surface area (Å²) in [5, 5.41) is 0. The molecule has 0 saturated carbocycles. The van der Waals surface area contributed by atoms with Crippen molar-refractivity contribution < 1.29 is 0 Å². The minimum absolute atomic E-state index is 0.574. The minimum atomic E-state index is 0.574. The lowest BCUT2D eigenvalue weighted by molar-refractivity contribution is 1.45. The van der Waals surface area contributed by atoms with Gasteiger partial charge in [-0.1, -0.05) is 24.3 Å². The molecule has 0 saturated heterocycles. The summed E-state index contributed by atoms with van der Waals surface area (Å²) in [4.78, 5) is 1.29. The maximum Gasteiger partial charge on any atom is 0.0407 e. The number of benzene rings is 1. The van der Waals surface area contributed by atoms with E-state index in [-0.39, 0.29) is 0 Å². The van der Waals surface area contributed by atoms with Crippen molar-refractivity contribution in [2.24, 2.45) is 0 Å². The van der Waals surface area contributed by atoms with Gasteiger partial charge in [0.05, 0.1) is 0 Å². The zero-order valence-corrected chi connectivity index (χ0v) is 8.53. The van der Waals surface area contributed by atoms with Crippen LogP contribution in [0.2, 0.25) is 0 Å². The molecule has 0 radical (unpaired) electrons. The molecule has 1 rings (SSSR count). The quantitative estimate of drug-likeness (QED) is 0.528. The van der Waals surface area contributed by atoms with Gasteiger partial charge in [-0.05, 0) is 24.0 Å². The van der Waals surface area contributed by atoms with Gasteiger partial charge in [-0.2, -0.15) is 0 Å². The number of rotatable bonds is 3. The number of halogens is 1. The van der Waals surface area contributed by atoms with Gasteiger partial charge in [-0.15, -0.1) is 23.4 Å². The smallest absolute Gasteiger partial charge is 0.0407 e. The predicted octanol–water partition coefficient (Wildman–Crippen LogP) is 3.66. The molecule has 0 fully saturated rings. The van der Waals surface area contributed by atoms with E-state index in [4.69, 9.17) is 11.6 Å². The maximum atomic E-state index is 5.52. The summed E-state index contributed by atoms with van der Waals surface area (Å²) >= 11 is 7.27. The van der Waals surface area contributed by atoms with Gasteiger partial charge >= 0.3 is 0 Å². The van der Waals surface area contributed by atoms with E-state index in [1.54, 1.807) is 11.8 Å². The Hall–Kier alpha value is -0.400. The minimum Gasteiger partial charge on any atom is -0.130 e. The van der Waals surface area contributed by atoms with E-state index in [0.29, 0.717) is 5.88 Å². The van der Waals surface area contributed by atoms with E-state index in [1.807, 2.05) is 12.2 Å². The van der Waals surface area contributed by atoms with Crippen LogP contribution in [-0.2, 0) is 0 Å². The molecular formula is C10H11ClS. The summed E-state index contributed by atoms with van der Waals surface area (Å²) < 4.78 is 0. The van der Waals surface area contributed by atoms with Crippen LogP contribution in [0.3, 0.4) is 0 Å². The van der Waals surface area contributed by atoms with Gasteiger partial charge < -0.3 is 0 Å². The van der Waals surface area contributed by atoms with Crippen LogP contribution in [0.1, 0.15) is 5.56 Å². The SMILES string of the molecule is CSc1ccc(/C=C/CCl)cc1. The first-order valence-corrected chi connectivity index (χ1v) is 5.49. The number of alkyl halides is 1. The zero-order valence-electron chi connectivity index (χ0n) is 6.96. The molecule has 0 aromatic heterocycles. The van der Waals surface area contributed by atoms with Crippen molar-refractivity contribution in [3.8, 4) is 0 Å². The number of hydrogen-bond donors (Lipinski definition) is 0. The molecule has 0 spiro atoms. The Morgan fingerprint density at radius 1 is 1.33 bits per heavy atom. The van der Waals surface area contributed by atoms with E-state index in [1.165, 1.54) is 10.5 Å². The van der Waals surface area contributed by atoms with Crippen LogP contribution >= 0.6 is 23.4 Å². The molecule has 0 aliphatic rings. The summed E-state index contributed by atoms with van der Waals surface area (Å²) in [7, 11) is 0. The standard InChI is InChI=1S/C10H11ClS/c1-12-10-6-4-9(5-7-10)3-2-8-11/h2-7H,8H2,1H3/b3-2+. The van der Waals surface area contributed by atoms with Crippen LogP contribution < -0.4 is 0 Å². The fraction of sp³-hybridized carbons (Fsp3) is 0.200. The molecule has 0 bridgehead atoms. The van der Waals surface area contributed by atoms with Crippen molar-refractivity contribution in [2.75, 3.05) is 12.1 Å². The first-order valence-electron chi connectivity index (χ1n) is 3.73. The Morgan fingerprint density at radius 2 is 2.00 bits per heavy atom. The van der Waals surface area contributed by atoms with Crippen LogP contribution in [0.4, 0.5) is 0 Å². The molecule has 12 heavy (non-hydrogen) atoms. The Morgan fingerprint density at radius 3 is 2.50 bits per heavy atom. The third kappa shape index (κ3) is 2.92. The Labute approximate surface area is 82.6 Å². The molecule has 0 unspecified atom stereocenters. The highest BCUT2D eigenvalue weighted by molar-refractivity contribution is 7.98. The topological polar surface area (TPSA) is 0 Å². The second kappa shape index (κ2) is 5.28. The predicted molar refractivity (Wildman–Crippen MR) is 58.0 cm³/mol. The molecule has 0 aliphatic carbocycles. The van der Waals surface area contributed by atoms with Crippen LogP contribution in [0.25, 0.3) is 6.08 Å². The molecule has 0 heterocycles. The normalized spacial score (nSPS) is 10.8. The van der Waals surface area contributed by atoms with Gasteiger partial charge in [-0.3, -0.25) is 0 Å². The van der Waals surface area contributed by atoms with Gasteiger partial charge in [0.2, 0.25) is 0 Å². The van der Waals surface area contributed by atoms with Crippen LogP contribution in [-0.4, -0.2) is 12.1 Å². The number of allylic oxidation sites excluding steroid dienone is 1. The average Bonchev–Trinajstić information content (AvgIpc) is 2.15. The van der Waals surface area contributed by atoms with Gasteiger partial charge in [0, 0.05) is 10.8 Å². The van der Waals surface area contributed by atoms with Crippen LogP contribution in [0, 0.1) is 0 Å². The van der Waals surface area contributed by atoms with E-state index in [9.17, 15) is 0 Å². The molecule has 2 heteroatoms. The summed E-state index contributed by atoms with van der Waals surface area (Å²) in [5.41, 5.74) is 1.20. The number of hydrogen-bond acceptors (Lipinski definition) is 1. The third-order valence-electron chi connectivity index (χ3n) is 1.52. The first kappa shape index (κ1) is 9.69. The van der Waals surface area contributed by atoms with E-state index in [2.05, 4.69) is 30.5 Å². The summed E-state index contributed by atoms with van der Waals surface area (Å²) in [6.07, 6.45) is 6.04. The summed E-state index contributed by atoms with van der Waals surface area (Å²) in [6.45, 7) is 0. The second-order valence-electron chi connectivity index (χ2n) is 2.33. The fourth-order valence-electron chi connectivity index (χ4n) is 0.896. The van der Waals surface area contributed by atoms with Gasteiger partial charge in [0.25, 0.3) is 0 Å². The van der Waals surface area contributed by atoms with Gasteiger partial charge in [0.15, 0.2) is 0 Å². The third-order valence-corrected chi connectivity index (χ3v) is 2.44. The Kier molecular flexibility index (Phi) is 4.26. The molecule has 1 aromatic carbocycles. The van der Waals surface area contributed by atoms with Crippen LogP contribution in [0.15, 0.2) is 35.2 Å². The Bertz CT molecular complexity index is 251. The van der Waals surface area contributed by atoms with Crippen LogP contribution in [0.5, 0.6) is 0 Å². The summed E-state index contributed by atoms with van der Waals surface area (Å²) in [5.74, 6) is 0.574. The average molecular weight is 199 g/mol. The highest BCUT2D eigenvalue weighted by Crippen LogP contribution is 2.15. The van der Waals surface area contributed by atoms with Gasteiger partial charge in [0.1, 0.15) is 0 Å². The molecular weight excluding hydrogens is 188 g/mol. The second-order valence-corrected chi connectivity index (χ2v) is 3.52. The van der Waals surface area contributed by atoms with Crippen molar-refractivity contribution in [3.05, 3.63) is 35.9 Å². The lowest BCUT2D eigenvalue weighted by atomic mass is 10.2. The van der Waals surface area contributed by atoms with E-state index in [0.717, 1.165) is 0 Å².